The minimum atomic E-state index is -0.465. The molecule has 0 spiro atoms. The molecular weight excluding hydrogens is 218 g/mol. The van der Waals surface area contributed by atoms with Crippen molar-refractivity contribution in [2.45, 2.75) is 46.1 Å². The second kappa shape index (κ2) is 8.98. The summed E-state index contributed by atoms with van der Waals surface area (Å²) < 4.78 is 0. The predicted octanol–water partition coefficient (Wildman–Crippen LogP) is 0.392. The van der Waals surface area contributed by atoms with Gasteiger partial charge in [0.15, 0.2) is 0 Å². The number of nitrogens with two attached hydrogens (primary N) is 1. The van der Waals surface area contributed by atoms with Crippen LogP contribution in [-0.2, 0) is 9.59 Å². The quantitative estimate of drug-likeness (QED) is 0.576. The van der Waals surface area contributed by atoms with Crippen LogP contribution in [0.5, 0.6) is 0 Å². The monoisotopic (exact) mass is 243 g/mol. The highest BCUT2D eigenvalue weighted by Crippen LogP contribution is 2.08. The number of rotatable bonds is 8. The second-order valence-corrected chi connectivity index (χ2v) is 4.40. The SMILES string of the molecule is CCNC(=O)C(C)NC(=O)CCC(C)CCN. The molecule has 2 amide bonds. The third-order valence-corrected chi connectivity index (χ3v) is 2.65. The maximum Gasteiger partial charge on any atom is 0.242 e. The van der Waals surface area contributed by atoms with E-state index in [2.05, 4.69) is 17.6 Å². The maximum absolute atomic E-state index is 11.5. The van der Waals surface area contributed by atoms with Crippen LogP contribution in [0.1, 0.15) is 40.0 Å². The molecule has 4 N–H and O–H groups in total. The first-order valence-corrected chi connectivity index (χ1v) is 6.28. The van der Waals surface area contributed by atoms with Crippen LogP contribution in [0.25, 0.3) is 0 Å². The zero-order valence-electron chi connectivity index (χ0n) is 11.1. The number of hydrogen-bond acceptors (Lipinski definition) is 3. The van der Waals surface area contributed by atoms with Crippen LogP contribution in [0.2, 0.25) is 0 Å². The largest absolute Gasteiger partial charge is 0.355 e. The van der Waals surface area contributed by atoms with Gasteiger partial charge in [0.25, 0.3) is 0 Å². The number of nitrogens with one attached hydrogen (secondary N) is 2. The summed E-state index contributed by atoms with van der Waals surface area (Å²) in [5.41, 5.74) is 5.44. The summed E-state index contributed by atoms with van der Waals surface area (Å²) in [6, 6.07) is -0.465. The molecule has 0 aliphatic heterocycles. The molecule has 0 aliphatic rings. The Labute approximate surface area is 104 Å². The van der Waals surface area contributed by atoms with Gasteiger partial charge in [0.1, 0.15) is 6.04 Å². The van der Waals surface area contributed by atoms with Crippen LogP contribution in [0.4, 0.5) is 0 Å². The smallest absolute Gasteiger partial charge is 0.242 e. The van der Waals surface area contributed by atoms with Gasteiger partial charge in [-0.25, -0.2) is 0 Å². The molecule has 0 aliphatic carbocycles. The van der Waals surface area contributed by atoms with Gasteiger partial charge < -0.3 is 16.4 Å². The van der Waals surface area contributed by atoms with E-state index in [1.165, 1.54) is 0 Å². The summed E-state index contributed by atoms with van der Waals surface area (Å²) in [6.45, 7) is 6.84. The Bertz CT molecular complexity index is 244. The molecule has 0 aromatic heterocycles. The molecule has 0 fully saturated rings. The van der Waals surface area contributed by atoms with Gasteiger partial charge >= 0.3 is 0 Å². The number of likely N-dealkylation sites (N-methyl/N-ethyl adjacent to an activating group) is 1. The molecule has 17 heavy (non-hydrogen) atoms. The number of carbonyl (C=O) groups excluding carboxylic acids is 2. The minimum Gasteiger partial charge on any atom is -0.355 e. The van der Waals surface area contributed by atoms with Gasteiger partial charge in [-0.15, -0.1) is 0 Å². The number of amides is 2. The Morgan fingerprint density at radius 3 is 2.41 bits per heavy atom. The van der Waals surface area contributed by atoms with Crippen LogP contribution < -0.4 is 16.4 Å². The van der Waals surface area contributed by atoms with E-state index in [-0.39, 0.29) is 11.8 Å². The molecule has 0 aromatic carbocycles. The van der Waals surface area contributed by atoms with Crippen molar-refractivity contribution in [1.82, 2.24) is 10.6 Å². The topological polar surface area (TPSA) is 84.2 Å². The van der Waals surface area contributed by atoms with Crippen LogP contribution in [-0.4, -0.2) is 30.9 Å². The van der Waals surface area contributed by atoms with Crippen molar-refractivity contribution in [3.8, 4) is 0 Å². The van der Waals surface area contributed by atoms with Gasteiger partial charge in [-0.05, 0) is 39.2 Å². The molecule has 0 bridgehead atoms. The van der Waals surface area contributed by atoms with Crippen LogP contribution in [0, 0.1) is 5.92 Å². The molecule has 0 saturated heterocycles. The third-order valence-electron chi connectivity index (χ3n) is 2.65. The molecule has 2 unspecified atom stereocenters. The fourth-order valence-electron chi connectivity index (χ4n) is 1.51. The van der Waals surface area contributed by atoms with Crippen molar-refractivity contribution in [2.75, 3.05) is 13.1 Å². The van der Waals surface area contributed by atoms with E-state index in [4.69, 9.17) is 5.73 Å². The van der Waals surface area contributed by atoms with Gasteiger partial charge in [-0.3, -0.25) is 9.59 Å². The van der Waals surface area contributed by atoms with E-state index in [0.717, 1.165) is 12.8 Å². The highest BCUT2D eigenvalue weighted by molar-refractivity contribution is 5.87. The van der Waals surface area contributed by atoms with E-state index < -0.39 is 6.04 Å². The average Bonchev–Trinajstić information content (AvgIpc) is 2.27. The van der Waals surface area contributed by atoms with Gasteiger partial charge in [0.05, 0.1) is 0 Å². The molecule has 0 radical (unpaired) electrons. The Morgan fingerprint density at radius 1 is 1.24 bits per heavy atom. The van der Waals surface area contributed by atoms with Crippen LogP contribution in [0.3, 0.4) is 0 Å². The first kappa shape index (κ1) is 15.9. The lowest BCUT2D eigenvalue weighted by Crippen LogP contribution is -2.44. The number of hydrogen-bond donors (Lipinski definition) is 3. The third kappa shape index (κ3) is 7.74. The number of carbonyl (C=O) groups is 2. The van der Waals surface area contributed by atoms with E-state index in [1.807, 2.05) is 6.92 Å². The van der Waals surface area contributed by atoms with E-state index in [0.29, 0.717) is 25.4 Å². The van der Waals surface area contributed by atoms with Gasteiger partial charge in [0.2, 0.25) is 11.8 Å². The summed E-state index contributed by atoms with van der Waals surface area (Å²) in [5.74, 6) is 0.231. The molecule has 2 atom stereocenters. The van der Waals surface area contributed by atoms with E-state index in [1.54, 1.807) is 6.92 Å². The van der Waals surface area contributed by atoms with Crippen LogP contribution >= 0.6 is 0 Å². The van der Waals surface area contributed by atoms with Crippen molar-refractivity contribution in [1.29, 1.82) is 0 Å². The lowest BCUT2D eigenvalue weighted by Gasteiger charge is -2.14. The zero-order chi connectivity index (χ0) is 13.3. The summed E-state index contributed by atoms with van der Waals surface area (Å²) in [5, 5.41) is 5.35. The average molecular weight is 243 g/mol. The highest BCUT2D eigenvalue weighted by Gasteiger charge is 2.14. The summed E-state index contributed by atoms with van der Waals surface area (Å²) in [6.07, 6.45) is 2.19. The lowest BCUT2D eigenvalue weighted by atomic mass is 10.0. The van der Waals surface area contributed by atoms with Crippen molar-refractivity contribution in [3.05, 3.63) is 0 Å². The summed E-state index contributed by atoms with van der Waals surface area (Å²) >= 11 is 0. The van der Waals surface area contributed by atoms with Gasteiger partial charge in [0, 0.05) is 13.0 Å². The second-order valence-electron chi connectivity index (χ2n) is 4.40. The highest BCUT2D eigenvalue weighted by atomic mass is 16.2. The van der Waals surface area contributed by atoms with Crippen molar-refractivity contribution in [2.24, 2.45) is 11.7 Å². The predicted molar refractivity (Wildman–Crippen MR) is 68.4 cm³/mol. The van der Waals surface area contributed by atoms with E-state index in [9.17, 15) is 9.59 Å². The minimum absolute atomic E-state index is 0.0763. The Morgan fingerprint density at radius 2 is 1.88 bits per heavy atom. The maximum atomic E-state index is 11.5. The fraction of sp³-hybridized carbons (Fsp3) is 0.833. The molecule has 0 saturated carbocycles. The fourth-order valence-corrected chi connectivity index (χ4v) is 1.51. The van der Waals surface area contributed by atoms with Crippen molar-refractivity contribution < 1.29 is 9.59 Å². The Kier molecular flexibility index (Phi) is 8.40. The molecule has 5 heteroatoms. The Balaban J connectivity index is 3.81. The summed E-state index contributed by atoms with van der Waals surface area (Å²) in [7, 11) is 0. The molecule has 0 rings (SSSR count). The molecule has 0 heterocycles. The van der Waals surface area contributed by atoms with E-state index >= 15 is 0 Å². The Hall–Kier alpha value is -1.10. The summed E-state index contributed by atoms with van der Waals surface area (Å²) in [4.78, 5) is 22.9. The standard InChI is InChI=1S/C12H25N3O2/c1-4-14-12(17)10(3)15-11(16)6-5-9(2)7-8-13/h9-10H,4-8,13H2,1-3H3,(H,14,17)(H,15,16). The van der Waals surface area contributed by atoms with Gasteiger partial charge in [-0.2, -0.15) is 0 Å². The molecule has 5 nitrogen and oxygen atoms in total. The first-order chi connectivity index (χ1) is 8.01. The lowest BCUT2D eigenvalue weighted by molar-refractivity contribution is -0.128. The zero-order valence-corrected chi connectivity index (χ0v) is 11.1. The first-order valence-electron chi connectivity index (χ1n) is 6.28. The van der Waals surface area contributed by atoms with Crippen molar-refractivity contribution >= 4 is 11.8 Å². The normalized spacial score (nSPS) is 13.9. The molecule has 0 aromatic rings. The van der Waals surface area contributed by atoms with Crippen LogP contribution in [0.15, 0.2) is 0 Å². The van der Waals surface area contributed by atoms with Gasteiger partial charge in [-0.1, -0.05) is 6.92 Å². The molecular formula is C12H25N3O2. The van der Waals surface area contributed by atoms with Crippen molar-refractivity contribution in [3.63, 3.8) is 0 Å². The molecule has 100 valence electrons.